The highest BCUT2D eigenvalue weighted by Crippen LogP contribution is 2.18. The van der Waals surface area contributed by atoms with Crippen LogP contribution in [0.1, 0.15) is 38.0 Å². The van der Waals surface area contributed by atoms with Gasteiger partial charge in [-0.2, -0.15) is 0 Å². The molecule has 6 heteroatoms. The van der Waals surface area contributed by atoms with Crippen molar-refractivity contribution in [2.75, 3.05) is 13.1 Å². The minimum Gasteiger partial charge on any atom is -0.444 e. The number of nitrogens with two attached hydrogens (primary N) is 1. The smallest absolute Gasteiger partial charge is 0.407 e. The lowest BCUT2D eigenvalue weighted by atomic mass is 10.0. The molecule has 1 aromatic carbocycles. The van der Waals surface area contributed by atoms with Gasteiger partial charge in [0.05, 0.1) is 0 Å². The van der Waals surface area contributed by atoms with Crippen molar-refractivity contribution in [2.24, 2.45) is 5.73 Å². The summed E-state index contributed by atoms with van der Waals surface area (Å²) in [5.41, 5.74) is 6.48. The molecule has 0 aliphatic heterocycles. The minimum absolute atomic E-state index is 0.100. The number of carbonyl (C=O) groups excluding carboxylic acids is 1. The molecule has 0 aliphatic rings. The number of rotatable bonds is 6. The predicted molar refractivity (Wildman–Crippen MR) is 84.4 cm³/mol. The second-order valence-corrected chi connectivity index (χ2v) is 6.18. The number of hydrogen-bond acceptors (Lipinski definition) is 5. The van der Waals surface area contributed by atoms with Gasteiger partial charge in [-0.15, -0.1) is 0 Å². The maximum Gasteiger partial charge on any atom is 0.407 e. The molecule has 2 atom stereocenters. The Balaban J connectivity index is 2.56. The van der Waals surface area contributed by atoms with Crippen molar-refractivity contribution in [1.82, 2.24) is 5.32 Å². The second kappa shape index (κ2) is 8.12. The number of carbonyl (C=O) groups is 1. The molecule has 0 spiro atoms. The van der Waals surface area contributed by atoms with Gasteiger partial charge >= 0.3 is 6.09 Å². The van der Waals surface area contributed by atoms with Crippen LogP contribution in [0.5, 0.6) is 0 Å². The highest BCUT2D eigenvalue weighted by Gasteiger charge is 2.21. The first-order valence-electron chi connectivity index (χ1n) is 7.35. The van der Waals surface area contributed by atoms with E-state index in [1.54, 1.807) is 39.0 Å². The molecule has 0 heterocycles. The number of benzene rings is 1. The highest BCUT2D eigenvalue weighted by molar-refractivity contribution is 5.67. The standard InChI is InChI=1S/C16H26N2O4/c1-16(2,3)22-15(21)18-10-13(19)14(20)12-6-4-5-11(9-12)7-8-17/h4-6,9,13-14,19-20H,7-8,10,17H2,1-3H3,(H,18,21). The molecule has 0 aromatic heterocycles. The number of amides is 1. The fourth-order valence-electron chi connectivity index (χ4n) is 1.94. The molecule has 6 nitrogen and oxygen atoms in total. The summed E-state index contributed by atoms with van der Waals surface area (Å²) in [6, 6.07) is 7.24. The Hall–Kier alpha value is -1.63. The number of hydrogen-bond donors (Lipinski definition) is 4. The second-order valence-electron chi connectivity index (χ2n) is 6.18. The minimum atomic E-state index is -1.12. The molecule has 1 aromatic rings. The van der Waals surface area contributed by atoms with E-state index in [4.69, 9.17) is 10.5 Å². The van der Waals surface area contributed by atoms with E-state index in [9.17, 15) is 15.0 Å². The summed E-state index contributed by atoms with van der Waals surface area (Å²) >= 11 is 0. The van der Waals surface area contributed by atoms with Gasteiger partial charge in [0, 0.05) is 6.54 Å². The van der Waals surface area contributed by atoms with Crippen LogP contribution in [-0.2, 0) is 11.2 Å². The zero-order valence-electron chi connectivity index (χ0n) is 13.4. The van der Waals surface area contributed by atoms with Crippen LogP contribution < -0.4 is 11.1 Å². The molecule has 124 valence electrons. The van der Waals surface area contributed by atoms with E-state index in [2.05, 4.69) is 5.32 Å². The molecular weight excluding hydrogens is 284 g/mol. The molecule has 2 unspecified atom stereocenters. The maximum atomic E-state index is 11.5. The molecule has 0 bridgehead atoms. The van der Waals surface area contributed by atoms with Crippen LogP contribution in [0.25, 0.3) is 0 Å². The lowest BCUT2D eigenvalue weighted by Crippen LogP contribution is -2.38. The first-order valence-corrected chi connectivity index (χ1v) is 7.35. The van der Waals surface area contributed by atoms with Crippen molar-refractivity contribution in [2.45, 2.75) is 45.0 Å². The van der Waals surface area contributed by atoms with Crippen molar-refractivity contribution < 1.29 is 19.7 Å². The zero-order chi connectivity index (χ0) is 16.8. The Labute approximate surface area is 131 Å². The predicted octanol–water partition coefficient (Wildman–Crippen LogP) is 1.11. The summed E-state index contributed by atoms with van der Waals surface area (Å²) in [6.07, 6.45) is -2.14. The van der Waals surface area contributed by atoms with Crippen LogP contribution in [-0.4, -0.2) is 41.1 Å². The van der Waals surface area contributed by atoms with Gasteiger partial charge in [-0.05, 0) is 44.9 Å². The average Bonchev–Trinajstić information content (AvgIpc) is 2.43. The van der Waals surface area contributed by atoms with Crippen LogP contribution in [0.15, 0.2) is 24.3 Å². The Morgan fingerprint density at radius 3 is 2.64 bits per heavy atom. The fourth-order valence-corrected chi connectivity index (χ4v) is 1.94. The largest absolute Gasteiger partial charge is 0.444 e. The van der Waals surface area contributed by atoms with E-state index in [-0.39, 0.29) is 6.54 Å². The number of ether oxygens (including phenoxy) is 1. The molecule has 5 N–H and O–H groups in total. The molecule has 0 aliphatic carbocycles. The van der Waals surface area contributed by atoms with Gasteiger partial charge in [0.15, 0.2) is 0 Å². The molecule has 1 amide bonds. The van der Waals surface area contributed by atoms with E-state index >= 15 is 0 Å². The van der Waals surface area contributed by atoms with E-state index in [0.717, 1.165) is 5.56 Å². The van der Waals surface area contributed by atoms with Gasteiger partial charge in [0.2, 0.25) is 0 Å². The Bertz CT molecular complexity index is 485. The molecular formula is C16H26N2O4. The third-order valence-electron chi connectivity index (χ3n) is 2.94. The van der Waals surface area contributed by atoms with Crippen LogP contribution in [0.4, 0.5) is 4.79 Å². The number of aliphatic hydroxyl groups excluding tert-OH is 2. The van der Waals surface area contributed by atoms with Gasteiger partial charge in [-0.25, -0.2) is 4.79 Å². The normalized spacial score (nSPS) is 14.3. The number of alkyl carbamates (subject to hydrolysis) is 1. The lowest BCUT2D eigenvalue weighted by molar-refractivity contribution is 0.0129. The van der Waals surface area contributed by atoms with Crippen LogP contribution >= 0.6 is 0 Å². The topological polar surface area (TPSA) is 105 Å². The molecule has 22 heavy (non-hydrogen) atoms. The van der Waals surface area contributed by atoms with Gasteiger partial charge in [0.25, 0.3) is 0 Å². The van der Waals surface area contributed by atoms with Crippen LogP contribution in [0, 0.1) is 0 Å². The third-order valence-corrected chi connectivity index (χ3v) is 2.94. The highest BCUT2D eigenvalue weighted by atomic mass is 16.6. The first kappa shape index (κ1) is 18.4. The Morgan fingerprint density at radius 2 is 2.05 bits per heavy atom. The van der Waals surface area contributed by atoms with Crippen molar-refractivity contribution >= 4 is 6.09 Å². The van der Waals surface area contributed by atoms with Crippen molar-refractivity contribution in [3.8, 4) is 0 Å². The van der Waals surface area contributed by atoms with Crippen molar-refractivity contribution in [1.29, 1.82) is 0 Å². The molecule has 1 rings (SSSR count). The summed E-state index contributed by atoms with van der Waals surface area (Å²) in [6.45, 7) is 5.67. The monoisotopic (exact) mass is 310 g/mol. The van der Waals surface area contributed by atoms with E-state index < -0.39 is 23.9 Å². The van der Waals surface area contributed by atoms with Gasteiger partial charge in [0.1, 0.15) is 17.8 Å². The molecule has 0 saturated carbocycles. The summed E-state index contributed by atoms with van der Waals surface area (Å²) in [7, 11) is 0. The van der Waals surface area contributed by atoms with Gasteiger partial charge in [-0.1, -0.05) is 24.3 Å². The van der Waals surface area contributed by atoms with E-state index in [0.29, 0.717) is 18.5 Å². The third kappa shape index (κ3) is 6.43. The summed E-state index contributed by atoms with van der Waals surface area (Å²) in [4.78, 5) is 11.5. The van der Waals surface area contributed by atoms with Crippen LogP contribution in [0.2, 0.25) is 0 Å². The zero-order valence-corrected chi connectivity index (χ0v) is 13.4. The van der Waals surface area contributed by atoms with Crippen LogP contribution in [0.3, 0.4) is 0 Å². The summed E-state index contributed by atoms with van der Waals surface area (Å²) < 4.78 is 5.07. The first-order chi connectivity index (χ1) is 10.2. The Morgan fingerprint density at radius 1 is 1.36 bits per heavy atom. The Kier molecular flexibility index (Phi) is 6.80. The van der Waals surface area contributed by atoms with Gasteiger partial charge < -0.3 is 26.0 Å². The lowest BCUT2D eigenvalue weighted by Gasteiger charge is -2.22. The number of nitrogens with one attached hydrogen (secondary N) is 1. The molecule has 0 radical (unpaired) electrons. The summed E-state index contributed by atoms with van der Waals surface area (Å²) in [5.74, 6) is 0. The van der Waals surface area contributed by atoms with Gasteiger partial charge in [-0.3, -0.25) is 0 Å². The average molecular weight is 310 g/mol. The van der Waals surface area contributed by atoms with Crippen molar-refractivity contribution in [3.63, 3.8) is 0 Å². The quantitative estimate of drug-likeness (QED) is 0.630. The number of aliphatic hydroxyl groups is 2. The molecule has 0 fully saturated rings. The summed E-state index contributed by atoms with van der Waals surface area (Å²) in [5, 5.41) is 22.6. The van der Waals surface area contributed by atoms with E-state index in [1.165, 1.54) is 0 Å². The van der Waals surface area contributed by atoms with E-state index in [1.807, 2.05) is 6.07 Å². The SMILES string of the molecule is CC(C)(C)OC(=O)NCC(O)C(O)c1cccc(CCN)c1. The maximum absolute atomic E-state index is 11.5. The fraction of sp³-hybridized carbons (Fsp3) is 0.562. The molecule has 0 saturated heterocycles. The van der Waals surface area contributed by atoms with Crippen molar-refractivity contribution in [3.05, 3.63) is 35.4 Å².